The summed E-state index contributed by atoms with van der Waals surface area (Å²) in [5.74, 6) is -0.246. The zero-order valence-corrected chi connectivity index (χ0v) is 15.6. The Morgan fingerprint density at radius 1 is 0.885 bits per heavy atom. The molecule has 0 heterocycles. The molecule has 0 aromatic heterocycles. The maximum atomic E-state index is 12.0. The van der Waals surface area contributed by atoms with Gasteiger partial charge >= 0.3 is 0 Å². The molecule has 0 bridgehead atoms. The van der Waals surface area contributed by atoms with Crippen molar-refractivity contribution in [3.8, 4) is 0 Å². The highest BCUT2D eigenvalue weighted by Crippen LogP contribution is 2.14. The summed E-state index contributed by atoms with van der Waals surface area (Å²) in [6, 6.07) is 16.0. The third kappa shape index (κ3) is 6.64. The molecule has 6 heteroatoms. The number of hydrogen-bond donors (Lipinski definition) is 3. The fraction of sp³-hybridized carbons (Fsp3) is 0.250. The van der Waals surface area contributed by atoms with Crippen LogP contribution in [0.1, 0.15) is 43.0 Å². The van der Waals surface area contributed by atoms with Gasteiger partial charge in [0.2, 0.25) is 5.91 Å². The standard InChI is InChI=1S/C20H23N3O2S/c1-2-3-5-10-18(24)21-16-11-13-17(14-12-16)22-20(26)23-19(25)15-8-6-4-7-9-15/h4,6-9,11-14H,2-3,5,10H2,1H3,(H,21,24)(H2,22,23,25,26). The molecule has 0 unspecified atom stereocenters. The first kappa shape index (κ1) is 19.6. The van der Waals surface area contributed by atoms with Crippen molar-refractivity contribution in [2.75, 3.05) is 10.6 Å². The Kier molecular flexibility index (Phi) is 7.76. The summed E-state index contributed by atoms with van der Waals surface area (Å²) in [4.78, 5) is 23.9. The van der Waals surface area contributed by atoms with E-state index >= 15 is 0 Å². The molecule has 0 saturated heterocycles. The summed E-state index contributed by atoms with van der Waals surface area (Å²) < 4.78 is 0. The largest absolute Gasteiger partial charge is 0.332 e. The number of rotatable bonds is 7. The maximum absolute atomic E-state index is 12.0. The zero-order chi connectivity index (χ0) is 18.8. The van der Waals surface area contributed by atoms with Gasteiger partial charge < -0.3 is 10.6 Å². The molecule has 3 N–H and O–H groups in total. The van der Waals surface area contributed by atoms with E-state index in [1.165, 1.54) is 0 Å². The molecule has 0 aliphatic heterocycles. The van der Waals surface area contributed by atoms with Gasteiger partial charge in [-0.15, -0.1) is 0 Å². The van der Waals surface area contributed by atoms with Crippen molar-refractivity contribution in [2.24, 2.45) is 0 Å². The molecule has 26 heavy (non-hydrogen) atoms. The first-order valence-corrected chi connectivity index (χ1v) is 9.06. The lowest BCUT2D eigenvalue weighted by Crippen LogP contribution is -2.34. The molecule has 0 aliphatic rings. The maximum Gasteiger partial charge on any atom is 0.257 e. The molecule has 136 valence electrons. The summed E-state index contributed by atoms with van der Waals surface area (Å²) in [7, 11) is 0. The number of carbonyl (C=O) groups excluding carboxylic acids is 2. The third-order valence-electron chi connectivity index (χ3n) is 3.70. The molecule has 0 aliphatic carbocycles. The van der Waals surface area contributed by atoms with Gasteiger partial charge in [-0.3, -0.25) is 14.9 Å². The predicted octanol–water partition coefficient (Wildman–Crippen LogP) is 4.33. The third-order valence-corrected chi connectivity index (χ3v) is 3.90. The van der Waals surface area contributed by atoms with Gasteiger partial charge in [0.25, 0.3) is 5.91 Å². The molecule has 2 rings (SSSR count). The molecule has 2 amide bonds. The van der Waals surface area contributed by atoms with Crippen molar-refractivity contribution in [1.82, 2.24) is 5.32 Å². The number of anilines is 2. The lowest BCUT2D eigenvalue weighted by Gasteiger charge is -2.11. The van der Waals surface area contributed by atoms with Gasteiger partial charge in [0.1, 0.15) is 0 Å². The first-order valence-electron chi connectivity index (χ1n) is 8.66. The number of amides is 2. The van der Waals surface area contributed by atoms with Crippen LogP contribution < -0.4 is 16.0 Å². The molecule has 5 nitrogen and oxygen atoms in total. The van der Waals surface area contributed by atoms with Crippen LogP contribution in [-0.2, 0) is 4.79 Å². The van der Waals surface area contributed by atoms with Gasteiger partial charge in [-0.2, -0.15) is 0 Å². The molecular formula is C20H23N3O2S. The van der Waals surface area contributed by atoms with Gasteiger partial charge in [-0.1, -0.05) is 38.0 Å². The molecule has 2 aromatic rings. The van der Waals surface area contributed by atoms with Crippen molar-refractivity contribution >= 4 is 40.5 Å². The van der Waals surface area contributed by atoms with Crippen LogP contribution in [0.15, 0.2) is 54.6 Å². The Bertz CT molecular complexity index is 745. The van der Waals surface area contributed by atoms with Crippen molar-refractivity contribution in [3.63, 3.8) is 0 Å². The smallest absolute Gasteiger partial charge is 0.257 e. The van der Waals surface area contributed by atoms with Crippen LogP contribution in [0.3, 0.4) is 0 Å². The second-order valence-electron chi connectivity index (χ2n) is 5.86. The van der Waals surface area contributed by atoms with E-state index in [2.05, 4.69) is 22.9 Å². The Morgan fingerprint density at radius 2 is 1.50 bits per heavy atom. The van der Waals surface area contributed by atoms with E-state index < -0.39 is 0 Å². The Balaban J connectivity index is 1.82. The number of hydrogen-bond acceptors (Lipinski definition) is 3. The minimum Gasteiger partial charge on any atom is -0.332 e. The summed E-state index contributed by atoms with van der Waals surface area (Å²) in [5.41, 5.74) is 2.00. The summed E-state index contributed by atoms with van der Waals surface area (Å²) in [6.07, 6.45) is 3.58. The second-order valence-corrected chi connectivity index (χ2v) is 6.27. The normalized spacial score (nSPS) is 10.0. The highest BCUT2D eigenvalue weighted by molar-refractivity contribution is 7.80. The summed E-state index contributed by atoms with van der Waals surface area (Å²) in [6.45, 7) is 2.11. The number of thiocarbonyl (C=S) groups is 1. The number of benzene rings is 2. The first-order chi connectivity index (χ1) is 12.6. The molecule has 0 radical (unpaired) electrons. The molecule has 0 saturated carbocycles. The van der Waals surface area contributed by atoms with Gasteiger partial charge in [-0.25, -0.2) is 0 Å². The lowest BCUT2D eigenvalue weighted by atomic mass is 10.2. The van der Waals surface area contributed by atoms with E-state index in [9.17, 15) is 9.59 Å². The quantitative estimate of drug-likeness (QED) is 0.502. The number of nitrogens with one attached hydrogen (secondary N) is 3. The van der Waals surface area contributed by atoms with E-state index in [1.807, 2.05) is 6.07 Å². The summed E-state index contributed by atoms with van der Waals surface area (Å²) >= 11 is 5.16. The highest BCUT2D eigenvalue weighted by Gasteiger charge is 2.07. The van der Waals surface area contributed by atoms with Crippen LogP contribution in [0, 0.1) is 0 Å². The number of carbonyl (C=O) groups is 2. The van der Waals surface area contributed by atoms with Crippen LogP contribution >= 0.6 is 12.2 Å². The monoisotopic (exact) mass is 369 g/mol. The van der Waals surface area contributed by atoms with E-state index in [-0.39, 0.29) is 16.9 Å². The minimum atomic E-state index is -0.265. The van der Waals surface area contributed by atoms with Crippen LogP contribution in [0.5, 0.6) is 0 Å². The van der Waals surface area contributed by atoms with Crippen molar-refractivity contribution in [1.29, 1.82) is 0 Å². The van der Waals surface area contributed by atoms with Crippen LogP contribution in [0.2, 0.25) is 0 Å². The van der Waals surface area contributed by atoms with Gasteiger partial charge in [-0.05, 0) is 55.0 Å². The number of unbranched alkanes of at least 4 members (excludes halogenated alkanes) is 2. The molecule has 0 fully saturated rings. The average Bonchev–Trinajstić information content (AvgIpc) is 2.64. The fourth-order valence-corrected chi connectivity index (χ4v) is 2.53. The van der Waals surface area contributed by atoms with Gasteiger partial charge in [0.15, 0.2) is 5.11 Å². The predicted molar refractivity (Wildman–Crippen MR) is 109 cm³/mol. The van der Waals surface area contributed by atoms with Crippen LogP contribution in [-0.4, -0.2) is 16.9 Å². The Labute approximate surface area is 159 Å². The topological polar surface area (TPSA) is 70.2 Å². The van der Waals surface area contributed by atoms with E-state index in [4.69, 9.17) is 12.2 Å². The van der Waals surface area contributed by atoms with E-state index in [1.54, 1.807) is 48.5 Å². The zero-order valence-electron chi connectivity index (χ0n) is 14.7. The summed E-state index contributed by atoms with van der Waals surface area (Å²) in [5, 5.41) is 8.67. The fourth-order valence-electron chi connectivity index (χ4n) is 2.32. The Morgan fingerprint density at radius 3 is 2.12 bits per heavy atom. The van der Waals surface area contributed by atoms with Crippen molar-refractivity contribution in [3.05, 3.63) is 60.2 Å². The highest BCUT2D eigenvalue weighted by atomic mass is 32.1. The van der Waals surface area contributed by atoms with E-state index in [0.717, 1.165) is 30.6 Å². The molecule has 2 aromatic carbocycles. The van der Waals surface area contributed by atoms with Crippen LogP contribution in [0.4, 0.5) is 11.4 Å². The SMILES string of the molecule is CCCCCC(=O)Nc1ccc(NC(=S)NC(=O)c2ccccc2)cc1. The van der Waals surface area contributed by atoms with Crippen LogP contribution in [0.25, 0.3) is 0 Å². The average molecular weight is 369 g/mol. The lowest BCUT2D eigenvalue weighted by molar-refractivity contribution is -0.116. The minimum absolute atomic E-state index is 0.0183. The van der Waals surface area contributed by atoms with Crippen molar-refractivity contribution in [2.45, 2.75) is 32.6 Å². The van der Waals surface area contributed by atoms with E-state index in [0.29, 0.717) is 12.0 Å². The van der Waals surface area contributed by atoms with Gasteiger partial charge in [0.05, 0.1) is 0 Å². The molecular weight excluding hydrogens is 346 g/mol. The molecule has 0 atom stereocenters. The Hall–Kier alpha value is -2.73. The van der Waals surface area contributed by atoms with Crippen molar-refractivity contribution < 1.29 is 9.59 Å². The second kappa shape index (κ2) is 10.3. The molecule has 0 spiro atoms. The van der Waals surface area contributed by atoms with Gasteiger partial charge in [0, 0.05) is 23.4 Å².